The van der Waals surface area contributed by atoms with Crippen LogP contribution in [-0.2, 0) is 0 Å². The highest BCUT2D eigenvalue weighted by Crippen LogP contribution is 2.46. The minimum atomic E-state index is 0.857. The van der Waals surface area contributed by atoms with Crippen LogP contribution in [0.4, 0.5) is 0 Å². The van der Waals surface area contributed by atoms with Crippen LogP contribution < -0.4 is 0 Å². The summed E-state index contributed by atoms with van der Waals surface area (Å²) in [5.41, 5.74) is 0. The van der Waals surface area contributed by atoms with Gasteiger partial charge in [0.05, 0.1) is 0 Å². The lowest BCUT2D eigenvalue weighted by Crippen LogP contribution is -2.36. The van der Waals surface area contributed by atoms with Crippen LogP contribution in [0, 0.1) is 17.8 Å². The van der Waals surface area contributed by atoms with Gasteiger partial charge in [0, 0.05) is 12.6 Å². The maximum absolute atomic E-state index is 2.58. The molecule has 1 saturated carbocycles. The SMILES string of the molecule is CC(C)[C@H]1[C@@H]2CC[C@@H]2CN1C. The van der Waals surface area contributed by atoms with E-state index in [0.717, 1.165) is 23.8 Å². The van der Waals surface area contributed by atoms with Gasteiger partial charge in [0.15, 0.2) is 0 Å². The summed E-state index contributed by atoms with van der Waals surface area (Å²) in [7, 11) is 2.29. The Morgan fingerprint density at radius 3 is 2.27 bits per heavy atom. The van der Waals surface area contributed by atoms with Crippen molar-refractivity contribution < 1.29 is 0 Å². The van der Waals surface area contributed by atoms with Crippen molar-refractivity contribution in [3.8, 4) is 0 Å². The Hall–Kier alpha value is -0.0400. The highest BCUT2D eigenvalue weighted by molar-refractivity contribution is 4.98. The summed E-state index contributed by atoms with van der Waals surface area (Å²) in [4.78, 5) is 2.58. The Morgan fingerprint density at radius 1 is 1.27 bits per heavy atom. The van der Waals surface area contributed by atoms with E-state index in [1.807, 2.05) is 0 Å². The third kappa shape index (κ3) is 1.01. The van der Waals surface area contributed by atoms with E-state index in [2.05, 4.69) is 25.8 Å². The molecule has 1 aliphatic heterocycles. The van der Waals surface area contributed by atoms with Crippen molar-refractivity contribution in [1.82, 2.24) is 4.90 Å². The molecule has 0 bridgehead atoms. The molecule has 2 fully saturated rings. The second-order valence-corrected chi connectivity index (χ2v) is 4.68. The number of rotatable bonds is 1. The predicted octanol–water partition coefficient (Wildman–Crippen LogP) is 1.98. The first kappa shape index (κ1) is 7.60. The molecule has 3 atom stereocenters. The van der Waals surface area contributed by atoms with Gasteiger partial charge in [-0.05, 0) is 37.6 Å². The summed E-state index contributed by atoms with van der Waals surface area (Å²) >= 11 is 0. The molecule has 1 saturated heterocycles. The first-order valence-electron chi connectivity index (χ1n) is 4.90. The summed E-state index contributed by atoms with van der Waals surface area (Å²) in [6.45, 7) is 6.09. The largest absolute Gasteiger partial charge is 0.303 e. The molecule has 2 rings (SSSR count). The van der Waals surface area contributed by atoms with Crippen molar-refractivity contribution in [3.05, 3.63) is 0 Å². The zero-order chi connectivity index (χ0) is 8.01. The Kier molecular flexibility index (Phi) is 1.71. The van der Waals surface area contributed by atoms with Crippen molar-refractivity contribution in [2.24, 2.45) is 17.8 Å². The van der Waals surface area contributed by atoms with Crippen LogP contribution in [0.5, 0.6) is 0 Å². The Morgan fingerprint density at radius 2 is 2.00 bits per heavy atom. The van der Waals surface area contributed by atoms with Crippen molar-refractivity contribution >= 4 is 0 Å². The molecule has 1 heteroatoms. The summed E-state index contributed by atoms with van der Waals surface area (Å²) < 4.78 is 0. The van der Waals surface area contributed by atoms with Gasteiger partial charge in [-0.2, -0.15) is 0 Å². The molecule has 1 heterocycles. The second kappa shape index (κ2) is 2.48. The molecule has 1 nitrogen and oxygen atoms in total. The van der Waals surface area contributed by atoms with Crippen LogP contribution in [-0.4, -0.2) is 24.5 Å². The number of hydrogen-bond donors (Lipinski definition) is 0. The molecule has 1 aliphatic carbocycles. The number of fused-ring (bicyclic) bond motifs is 1. The third-order valence-corrected chi connectivity index (χ3v) is 3.63. The molecular weight excluding hydrogens is 134 g/mol. The number of nitrogens with zero attached hydrogens (tertiary/aromatic N) is 1. The lowest BCUT2D eigenvalue weighted by Gasteiger charge is -2.35. The third-order valence-electron chi connectivity index (χ3n) is 3.63. The summed E-state index contributed by atoms with van der Waals surface area (Å²) in [6, 6.07) is 0.897. The van der Waals surface area contributed by atoms with Gasteiger partial charge in [0.1, 0.15) is 0 Å². The Labute approximate surface area is 69.8 Å². The highest BCUT2D eigenvalue weighted by Gasteiger charge is 2.46. The smallest absolute Gasteiger partial charge is 0.0147 e. The van der Waals surface area contributed by atoms with E-state index in [1.165, 1.54) is 19.4 Å². The molecule has 64 valence electrons. The molecule has 0 N–H and O–H groups in total. The van der Waals surface area contributed by atoms with Gasteiger partial charge in [-0.15, -0.1) is 0 Å². The van der Waals surface area contributed by atoms with E-state index < -0.39 is 0 Å². The van der Waals surface area contributed by atoms with Gasteiger partial charge in [-0.3, -0.25) is 0 Å². The molecule has 11 heavy (non-hydrogen) atoms. The maximum atomic E-state index is 2.58. The van der Waals surface area contributed by atoms with Crippen LogP contribution >= 0.6 is 0 Å². The average Bonchev–Trinajstić information content (AvgIpc) is 2.10. The van der Waals surface area contributed by atoms with E-state index in [-0.39, 0.29) is 0 Å². The van der Waals surface area contributed by atoms with Gasteiger partial charge in [-0.25, -0.2) is 0 Å². The molecular formula is C10H19N. The number of hydrogen-bond acceptors (Lipinski definition) is 1. The number of likely N-dealkylation sites (tertiary alicyclic amines) is 1. The normalized spacial score (nSPS) is 44.2. The van der Waals surface area contributed by atoms with Crippen molar-refractivity contribution in [1.29, 1.82) is 0 Å². The predicted molar refractivity (Wildman–Crippen MR) is 47.5 cm³/mol. The fourth-order valence-corrected chi connectivity index (χ4v) is 3.09. The first-order valence-corrected chi connectivity index (χ1v) is 4.90. The monoisotopic (exact) mass is 153 g/mol. The highest BCUT2D eigenvalue weighted by atomic mass is 15.2. The molecule has 0 amide bonds. The van der Waals surface area contributed by atoms with E-state index in [0.29, 0.717) is 0 Å². The van der Waals surface area contributed by atoms with Crippen LogP contribution in [0.2, 0.25) is 0 Å². The molecule has 0 aromatic rings. The molecule has 0 radical (unpaired) electrons. The fourth-order valence-electron chi connectivity index (χ4n) is 3.09. The summed E-state index contributed by atoms with van der Waals surface area (Å²) in [5, 5.41) is 0. The minimum absolute atomic E-state index is 0.857. The second-order valence-electron chi connectivity index (χ2n) is 4.68. The lowest BCUT2D eigenvalue weighted by atomic mass is 9.71. The average molecular weight is 153 g/mol. The van der Waals surface area contributed by atoms with Crippen LogP contribution in [0.1, 0.15) is 26.7 Å². The molecule has 0 aromatic carbocycles. The lowest BCUT2D eigenvalue weighted by molar-refractivity contribution is 0.157. The van der Waals surface area contributed by atoms with E-state index in [9.17, 15) is 0 Å². The standard InChI is InChI=1S/C10H19N/c1-7(2)10-9-5-4-8(9)6-11(10)3/h7-10H,4-6H2,1-3H3/t8-,9-,10+/m1/s1. The van der Waals surface area contributed by atoms with Crippen molar-refractivity contribution in [3.63, 3.8) is 0 Å². The fraction of sp³-hybridized carbons (Fsp3) is 1.00. The first-order chi connectivity index (χ1) is 5.20. The zero-order valence-electron chi connectivity index (χ0n) is 7.88. The summed E-state index contributed by atoms with van der Waals surface area (Å²) in [5.74, 6) is 2.97. The molecule has 0 unspecified atom stereocenters. The van der Waals surface area contributed by atoms with Crippen LogP contribution in [0.15, 0.2) is 0 Å². The van der Waals surface area contributed by atoms with Gasteiger partial charge < -0.3 is 4.90 Å². The minimum Gasteiger partial charge on any atom is -0.303 e. The van der Waals surface area contributed by atoms with E-state index in [1.54, 1.807) is 0 Å². The van der Waals surface area contributed by atoms with Gasteiger partial charge >= 0.3 is 0 Å². The molecule has 0 spiro atoms. The maximum Gasteiger partial charge on any atom is 0.0147 e. The van der Waals surface area contributed by atoms with E-state index >= 15 is 0 Å². The topological polar surface area (TPSA) is 3.24 Å². The van der Waals surface area contributed by atoms with Crippen molar-refractivity contribution in [2.45, 2.75) is 32.7 Å². The quantitative estimate of drug-likeness (QED) is 0.557. The van der Waals surface area contributed by atoms with Gasteiger partial charge in [0.25, 0.3) is 0 Å². The molecule has 0 aromatic heterocycles. The Balaban J connectivity index is 2.07. The zero-order valence-corrected chi connectivity index (χ0v) is 7.88. The van der Waals surface area contributed by atoms with Gasteiger partial charge in [0.2, 0.25) is 0 Å². The molecule has 2 aliphatic rings. The van der Waals surface area contributed by atoms with Crippen LogP contribution in [0.3, 0.4) is 0 Å². The van der Waals surface area contributed by atoms with E-state index in [4.69, 9.17) is 0 Å². The van der Waals surface area contributed by atoms with Crippen LogP contribution in [0.25, 0.3) is 0 Å². The van der Waals surface area contributed by atoms with Crippen molar-refractivity contribution in [2.75, 3.05) is 13.6 Å². The Bertz CT molecular complexity index is 153. The van der Waals surface area contributed by atoms with Gasteiger partial charge in [-0.1, -0.05) is 13.8 Å². The summed E-state index contributed by atoms with van der Waals surface area (Å²) in [6.07, 6.45) is 3.00.